The summed E-state index contributed by atoms with van der Waals surface area (Å²) in [6.45, 7) is 0.617. The molecule has 4 heteroatoms. The van der Waals surface area contributed by atoms with E-state index >= 15 is 0 Å². The molecule has 0 aliphatic carbocycles. The maximum absolute atomic E-state index is 9.33. The van der Waals surface area contributed by atoms with Crippen LogP contribution in [0.3, 0.4) is 0 Å². The Kier molecular flexibility index (Phi) is 4.03. The molecule has 0 fully saturated rings. The molecule has 19 heavy (non-hydrogen) atoms. The van der Waals surface area contributed by atoms with Gasteiger partial charge in [-0.2, -0.15) is 0 Å². The van der Waals surface area contributed by atoms with Crippen molar-refractivity contribution in [2.45, 2.75) is 6.42 Å². The van der Waals surface area contributed by atoms with Gasteiger partial charge in [0.05, 0.1) is 0 Å². The molecule has 2 aromatic rings. The summed E-state index contributed by atoms with van der Waals surface area (Å²) in [7, 11) is 0. The van der Waals surface area contributed by atoms with Gasteiger partial charge in [-0.3, -0.25) is 4.99 Å². The van der Waals surface area contributed by atoms with E-state index in [9.17, 15) is 10.2 Å². The van der Waals surface area contributed by atoms with Gasteiger partial charge in [-0.15, -0.1) is 0 Å². The van der Waals surface area contributed by atoms with Crippen LogP contribution in [0.15, 0.2) is 47.5 Å². The Labute approximate surface area is 111 Å². The van der Waals surface area contributed by atoms with Gasteiger partial charge < -0.3 is 15.3 Å². The third kappa shape index (κ3) is 3.74. The molecule has 0 spiro atoms. The molecule has 0 amide bonds. The van der Waals surface area contributed by atoms with Gasteiger partial charge in [0.1, 0.15) is 5.75 Å². The van der Waals surface area contributed by atoms with Gasteiger partial charge >= 0.3 is 0 Å². The minimum absolute atomic E-state index is 0.138. The predicted octanol–water partition coefficient (Wildman–Crippen LogP) is 2.47. The molecule has 0 aliphatic heterocycles. The van der Waals surface area contributed by atoms with Gasteiger partial charge in [0.15, 0.2) is 11.5 Å². The zero-order valence-electron chi connectivity index (χ0n) is 10.3. The molecule has 0 radical (unpaired) electrons. The van der Waals surface area contributed by atoms with Crippen LogP contribution in [-0.2, 0) is 6.42 Å². The fraction of sp³-hybridized carbons (Fsp3) is 0.133. The summed E-state index contributed by atoms with van der Waals surface area (Å²) in [5.74, 6) is -0.0319. The molecule has 0 heterocycles. The molecule has 0 bridgehead atoms. The molecular formula is C15H15NO3. The molecule has 2 rings (SSSR count). The van der Waals surface area contributed by atoms with Crippen LogP contribution in [0.5, 0.6) is 17.2 Å². The summed E-state index contributed by atoms with van der Waals surface area (Å²) in [4.78, 5) is 4.25. The number of phenolic OH excluding ortho intramolecular Hbond substituents is 3. The van der Waals surface area contributed by atoms with Gasteiger partial charge in [0.25, 0.3) is 0 Å². The number of benzene rings is 2. The maximum Gasteiger partial charge on any atom is 0.158 e. The van der Waals surface area contributed by atoms with Crippen LogP contribution in [0.2, 0.25) is 0 Å². The van der Waals surface area contributed by atoms with E-state index in [-0.39, 0.29) is 17.2 Å². The van der Waals surface area contributed by atoms with Crippen LogP contribution in [0.4, 0.5) is 0 Å². The van der Waals surface area contributed by atoms with Crippen LogP contribution in [0, 0.1) is 0 Å². The first-order chi connectivity index (χ1) is 9.15. The van der Waals surface area contributed by atoms with Crippen LogP contribution >= 0.6 is 0 Å². The molecule has 0 aromatic heterocycles. The zero-order chi connectivity index (χ0) is 13.7. The van der Waals surface area contributed by atoms with Gasteiger partial charge in [-0.05, 0) is 47.9 Å². The zero-order valence-corrected chi connectivity index (χ0v) is 10.3. The summed E-state index contributed by atoms with van der Waals surface area (Å²) in [5.41, 5.74) is 1.84. The molecule has 0 unspecified atom stereocenters. The topological polar surface area (TPSA) is 73.1 Å². The van der Waals surface area contributed by atoms with Crippen LogP contribution in [0.25, 0.3) is 0 Å². The van der Waals surface area contributed by atoms with Crippen LogP contribution in [-0.4, -0.2) is 28.1 Å². The summed E-state index contributed by atoms with van der Waals surface area (Å²) < 4.78 is 0. The molecule has 0 saturated carbocycles. The van der Waals surface area contributed by atoms with Gasteiger partial charge in [0.2, 0.25) is 0 Å². The third-order valence-electron chi connectivity index (χ3n) is 2.71. The quantitative estimate of drug-likeness (QED) is 0.582. The second-order valence-corrected chi connectivity index (χ2v) is 4.20. The van der Waals surface area contributed by atoms with Crippen molar-refractivity contribution in [1.82, 2.24) is 0 Å². The van der Waals surface area contributed by atoms with Crippen molar-refractivity contribution < 1.29 is 15.3 Å². The van der Waals surface area contributed by atoms with Crippen molar-refractivity contribution in [3.63, 3.8) is 0 Å². The molecule has 0 saturated heterocycles. The highest BCUT2D eigenvalue weighted by Crippen LogP contribution is 2.23. The van der Waals surface area contributed by atoms with Gasteiger partial charge in [-0.25, -0.2) is 0 Å². The number of aromatic hydroxyl groups is 3. The van der Waals surface area contributed by atoms with E-state index in [0.717, 1.165) is 17.5 Å². The average molecular weight is 257 g/mol. The Morgan fingerprint density at radius 3 is 2.32 bits per heavy atom. The summed E-state index contributed by atoms with van der Waals surface area (Å²) >= 11 is 0. The van der Waals surface area contributed by atoms with Crippen molar-refractivity contribution in [3.8, 4) is 17.2 Å². The van der Waals surface area contributed by atoms with Crippen LogP contribution < -0.4 is 0 Å². The van der Waals surface area contributed by atoms with Crippen LogP contribution in [0.1, 0.15) is 11.1 Å². The first kappa shape index (κ1) is 13.0. The molecule has 0 aliphatic rings. The normalized spacial score (nSPS) is 10.9. The highest BCUT2D eigenvalue weighted by Gasteiger charge is 1.98. The summed E-state index contributed by atoms with van der Waals surface area (Å²) in [5, 5.41) is 27.6. The molecule has 3 N–H and O–H groups in total. The average Bonchev–Trinajstić information content (AvgIpc) is 2.41. The lowest BCUT2D eigenvalue weighted by Gasteiger charge is -1.99. The van der Waals surface area contributed by atoms with E-state index < -0.39 is 0 Å². The number of aliphatic imine (C=N–C) groups is 1. The van der Waals surface area contributed by atoms with E-state index in [1.807, 2.05) is 12.1 Å². The largest absolute Gasteiger partial charge is 0.508 e. The summed E-state index contributed by atoms with van der Waals surface area (Å²) in [6, 6.07) is 11.6. The fourth-order valence-corrected chi connectivity index (χ4v) is 1.65. The van der Waals surface area contributed by atoms with Gasteiger partial charge in [0, 0.05) is 12.8 Å². The summed E-state index contributed by atoms with van der Waals surface area (Å²) in [6.07, 6.45) is 2.43. The minimum atomic E-state index is -0.150. The van der Waals surface area contributed by atoms with Crippen molar-refractivity contribution >= 4 is 6.21 Å². The van der Waals surface area contributed by atoms with E-state index in [4.69, 9.17) is 5.11 Å². The van der Waals surface area contributed by atoms with Crippen molar-refractivity contribution in [1.29, 1.82) is 0 Å². The number of hydrogen-bond acceptors (Lipinski definition) is 4. The van der Waals surface area contributed by atoms with Crippen molar-refractivity contribution in [2.75, 3.05) is 6.54 Å². The highest BCUT2D eigenvalue weighted by atomic mass is 16.3. The smallest absolute Gasteiger partial charge is 0.158 e. The van der Waals surface area contributed by atoms with E-state index in [0.29, 0.717) is 6.54 Å². The number of rotatable bonds is 4. The molecule has 2 aromatic carbocycles. The maximum atomic E-state index is 9.33. The SMILES string of the molecule is Oc1ccc(CCN=Cc2ccc(O)c(O)c2)cc1. The van der Waals surface area contributed by atoms with E-state index in [1.165, 1.54) is 12.1 Å². The molecule has 4 nitrogen and oxygen atoms in total. The predicted molar refractivity (Wildman–Crippen MR) is 74.0 cm³/mol. The minimum Gasteiger partial charge on any atom is -0.508 e. The van der Waals surface area contributed by atoms with Crippen molar-refractivity contribution in [3.05, 3.63) is 53.6 Å². The Hall–Kier alpha value is -2.49. The number of nitrogens with zero attached hydrogens (tertiary/aromatic N) is 1. The first-order valence-corrected chi connectivity index (χ1v) is 5.95. The molecule has 98 valence electrons. The van der Waals surface area contributed by atoms with Gasteiger partial charge in [-0.1, -0.05) is 12.1 Å². The monoisotopic (exact) mass is 257 g/mol. The van der Waals surface area contributed by atoms with E-state index in [1.54, 1.807) is 24.4 Å². The lowest BCUT2D eigenvalue weighted by molar-refractivity contribution is 0.403. The molecular weight excluding hydrogens is 242 g/mol. The Bertz CT molecular complexity index is 576. The number of phenols is 3. The standard InChI is InChI=1S/C15H15NO3/c17-13-4-1-11(2-5-13)7-8-16-10-12-3-6-14(18)15(19)9-12/h1-6,9-10,17-19H,7-8H2. The number of hydrogen-bond donors (Lipinski definition) is 3. The lowest BCUT2D eigenvalue weighted by atomic mass is 10.1. The van der Waals surface area contributed by atoms with E-state index in [2.05, 4.69) is 4.99 Å². The second kappa shape index (κ2) is 5.91. The highest BCUT2D eigenvalue weighted by molar-refractivity contribution is 5.80. The molecule has 0 atom stereocenters. The fourth-order valence-electron chi connectivity index (χ4n) is 1.65. The first-order valence-electron chi connectivity index (χ1n) is 5.95. The van der Waals surface area contributed by atoms with Crippen molar-refractivity contribution in [2.24, 2.45) is 4.99 Å². The Morgan fingerprint density at radius 2 is 1.63 bits per heavy atom. The third-order valence-corrected chi connectivity index (χ3v) is 2.71. The Balaban J connectivity index is 1.89. The lowest BCUT2D eigenvalue weighted by Crippen LogP contribution is -1.90. The Morgan fingerprint density at radius 1 is 0.895 bits per heavy atom. The second-order valence-electron chi connectivity index (χ2n) is 4.20.